The number of amides is 1. The maximum absolute atomic E-state index is 12.8. The fourth-order valence-corrected chi connectivity index (χ4v) is 2.33. The lowest BCUT2D eigenvalue weighted by Crippen LogP contribution is -2.24. The van der Waals surface area contributed by atoms with E-state index in [9.17, 15) is 9.18 Å². The summed E-state index contributed by atoms with van der Waals surface area (Å²) >= 11 is 0. The van der Waals surface area contributed by atoms with Gasteiger partial charge in [0.2, 0.25) is 11.8 Å². The Kier molecular flexibility index (Phi) is 7.76. The molecule has 0 aliphatic heterocycles. The van der Waals surface area contributed by atoms with Crippen LogP contribution in [0.15, 0.2) is 28.8 Å². The van der Waals surface area contributed by atoms with Crippen molar-refractivity contribution in [2.75, 3.05) is 13.2 Å². The molecule has 0 bridgehead atoms. The SMILES string of the molecule is CC(C)(C)c1noc(CCCC(=O)NCCCCOc2ccc(F)cc2)n1. The number of rotatable bonds is 10. The maximum Gasteiger partial charge on any atom is 0.226 e. The highest BCUT2D eigenvalue weighted by Gasteiger charge is 2.20. The van der Waals surface area contributed by atoms with Crippen LogP contribution in [0.1, 0.15) is 58.2 Å². The lowest BCUT2D eigenvalue weighted by atomic mass is 9.96. The minimum absolute atomic E-state index is 0.0185. The summed E-state index contributed by atoms with van der Waals surface area (Å²) in [7, 11) is 0. The molecular formula is C20H28FN3O3. The van der Waals surface area contributed by atoms with Gasteiger partial charge in [-0.25, -0.2) is 4.39 Å². The van der Waals surface area contributed by atoms with E-state index >= 15 is 0 Å². The van der Waals surface area contributed by atoms with Gasteiger partial charge in [0.25, 0.3) is 0 Å². The van der Waals surface area contributed by atoms with Gasteiger partial charge in [-0.05, 0) is 43.5 Å². The lowest BCUT2D eigenvalue weighted by molar-refractivity contribution is -0.121. The Morgan fingerprint density at radius 1 is 1.19 bits per heavy atom. The number of unbranched alkanes of at least 4 members (excludes halogenated alkanes) is 1. The van der Waals surface area contributed by atoms with E-state index in [0.29, 0.717) is 49.9 Å². The van der Waals surface area contributed by atoms with Gasteiger partial charge in [0.15, 0.2) is 5.82 Å². The standard InChI is InChI=1S/C20H28FN3O3/c1-20(2,3)19-23-18(27-24-19)8-6-7-17(25)22-13-4-5-14-26-16-11-9-15(21)10-12-16/h9-12H,4-8,13-14H2,1-3H3,(H,22,25). The van der Waals surface area contributed by atoms with Crippen molar-refractivity contribution in [1.82, 2.24) is 15.5 Å². The van der Waals surface area contributed by atoms with E-state index in [4.69, 9.17) is 9.26 Å². The first kappa shape index (κ1) is 20.9. The summed E-state index contributed by atoms with van der Waals surface area (Å²) in [6.45, 7) is 7.23. The van der Waals surface area contributed by atoms with E-state index in [0.717, 1.165) is 12.8 Å². The summed E-state index contributed by atoms with van der Waals surface area (Å²) in [6, 6.07) is 5.94. The van der Waals surface area contributed by atoms with Crippen LogP contribution in [0.5, 0.6) is 5.75 Å². The molecule has 1 amide bonds. The van der Waals surface area contributed by atoms with Crippen molar-refractivity contribution >= 4 is 5.91 Å². The summed E-state index contributed by atoms with van der Waals surface area (Å²) in [5.74, 6) is 1.65. The predicted octanol–water partition coefficient (Wildman–Crippen LogP) is 3.80. The van der Waals surface area contributed by atoms with E-state index in [-0.39, 0.29) is 17.1 Å². The second kappa shape index (κ2) is 10.0. The number of aryl methyl sites for hydroxylation is 1. The second-order valence-electron chi connectivity index (χ2n) is 7.47. The van der Waals surface area contributed by atoms with E-state index < -0.39 is 0 Å². The Morgan fingerprint density at radius 2 is 1.93 bits per heavy atom. The summed E-state index contributed by atoms with van der Waals surface area (Å²) in [5.41, 5.74) is -0.139. The van der Waals surface area contributed by atoms with Gasteiger partial charge < -0.3 is 14.6 Å². The molecule has 0 atom stereocenters. The highest BCUT2D eigenvalue weighted by molar-refractivity contribution is 5.75. The van der Waals surface area contributed by atoms with E-state index in [1.165, 1.54) is 12.1 Å². The summed E-state index contributed by atoms with van der Waals surface area (Å²) in [6.07, 6.45) is 3.34. The number of aromatic nitrogens is 2. The Bertz CT molecular complexity index is 708. The van der Waals surface area contributed by atoms with Crippen molar-refractivity contribution in [3.05, 3.63) is 41.8 Å². The average molecular weight is 377 g/mol. The van der Waals surface area contributed by atoms with Crippen molar-refractivity contribution in [3.63, 3.8) is 0 Å². The molecule has 1 aromatic heterocycles. The summed E-state index contributed by atoms with van der Waals surface area (Å²) in [4.78, 5) is 16.2. The lowest BCUT2D eigenvalue weighted by Gasteiger charge is -2.10. The van der Waals surface area contributed by atoms with Crippen LogP contribution in [0.25, 0.3) is 0 Å². The van der Waals surface area contributed by atoms with Crippen molar-refractivity contribution in [1.29, 1.82) is 0 Å². The van der Waals surface area contributed by atoms with Gasteiger partial charge in [-0.3, -0.25) is 4.79 Å². The van der Waals surface area contributed by atoms with Gasteiger partial charge >= 0.3 is 0 Å². The van der Waals surface area contributed by atoms with Crippen LogP contribution in [0, 0.1) is 5.82 Å². The van der Waals surface area contributed by atoms with Crippen molar-refractivity contribution < 1.29 is 18.4 Å². The first-order chi connectivity index (χ1) is 12.8. The highest BCUT2D eigenvalue weighted by Crippen LogP contribution is 2.18. The third-order valence-electron chi connectivity index (χ3n) is 3.91. The number of benzene rings is 1. The summed E-state index contributed by atoms with van der Waals surface area (Å²) in [5, 5.41) is 6.87. The van der Waals surface area contributed by atoms with Crippen molar-refractivity contribution in [2.45, 2.75) is 58.3 Å². The molecule has 0 unspecified atom stereocenters. The molecular weight excluding hydrogens is 349 g/mol. The van der Waals surface area contributed by atoms with E-state index in [1.54, 1.807) is 12.1 Å². The second-order valence-corrected chi connectivity index (χ2v) is 7.47. The third-order valence-corrected chi connectivity index (χ3v) is 3.91. The topological polar surface area (TPSA) is 77.2 Å². The summed E-state index contributed by atoms with van der Waals surface area (Å²) < 4.78 is 23.5. The monoisotopic (exact) mass is 377 g/mol. The molecule has 1 heterocycles. The number of nitrogens with zero attached hydrogens (tertiary/aromatic N) is 2. The van der Waals surface area contributed by atoms with Crippen LogP contribution in [0.4, 0.5) is 4.39 Å². The largest absolute Gasteiger partial charge is 0.494 e. The minimum atomic E-state index is -0.279. The number of nitrogens with one attached hydrogen (secondary N) is 1. The normalized spacial score (nSPS) is 11.4. The zero-order chi connectivity index (χ0) is 19.7. The fourth-order valence-electron chi connectivity index (χ4n) is 2.33. The molecule has 0 saturated heterocycles. The molecule has 0 radical (unpaired) electrons. The van der Waals surface area contributed by atoms with Gasteiger partial charge in [-0.2, -0.15) is 4.98 Å². The van der Waals surface area contributed by atoms with Crippen LogP contribution in [-0.2, 0) is 16.6 Å². The molecule has 6 nitrogen and oxygen atoms in total. The predicted molar refractivity (Wildman–Crippen MR) is 100 cm³/mol. The molecule has 0 spiro atoms. The Morgan fingerprint density at radius 3 is 2.59 bits per heavy atom. The van der Waals surface area contributed by atoms with Crippen LogP contribution < -0.4 is 10.1 Å². The van der Waals surface area contributed by atoms with Gasteiger partial charge in [0.05, 0.1) is 6.61 Å². The number of halogens is 1. The van der Waals surface area contributed by atoms with Gasteiger partial charge in [0, 0.05) is 24.8 Å². The smallest absolute Gasteiger partial charge is 0.226 e. The first-order valence-electron chi connectivity index (χ1n) is 9.33. The zero-order valence-electron chi connectivity index (χ0n) is 16.3. The van der Waals surface area contributed by atoms with E-state index in [2.05, 4.69) is 15.5 Å². The molecule has 27 heavy (non-hydrogen) atoms. The first-order valence-corrected chi connectivity index (χ1v) is 9.33. The fraction of sp³-hybridized carbons (Fsp3) is 0.550. The van der Waals surface area contributed by atoms with Crippen LogP contribution in [0.3, 0.4) is 0 Å². The molecule has 0 aliphatic carbocycles. The van der Waals surface area contributed by atoms with Gasteiger partial charge in [-0.1, -0.05) is 25.9 Å². The van der Waals surface area contributed by atoms with Crippen molar-refractivity contribution in [2.24, 2.45) is 0 Å². The van der Waals surface area contributed by atoms with Gasteiger partial charge in [0.1, 0.15) is 11.6 Å². The van der Waals surface area contributed by atoms with Crippen molar-refractivity contribution in [3.8, 4) is 5.75 Å². The number of carbonyl (C=O) groups is 1. The Labute approximate surface area is 159 Å². The highest BCUT2D eigenvalue weighted by atomic mass is 19.1. The number of carbonyl (C=O) groups excluding carboxylic acids is 1. The van der Waals surface area contributed by atoms with Crippen LogP contribution in [-0.4, -0.2) is 29.2 Å². The van der Waals surface area contributed by atoms with E-state index in [1.807, 2.05) is 20.8 Å². The molecule has 148 valence electrons. The quantitative estimate of drug-likeness (QED) is 0.637. The van der Waals surface area contributed by atoms with Gasteiger partial charge in [-0.15, -0.1) is 0 Å². The molecule has 1 aromatic carbocycles. The molecule has 2 aromatic rings. The molecule has 0 fully saturated rings. The molecule has 7 heteroatoms. The number of hydrogen-bond acceptors (Lipinski definition) is 5. The molecule has 1 N–H and O–H groups in total. The molecule has 0 saturated carbocycles. The van der Waals surface area contributed by atoms with Crippen LogP contribution in [0.2, 0.25) is 0 Å². The minimum Gasteiger partial charge on any atom is -0.494 e. The third kappa shape index (κ3) is 7.76. The Hall–Kier alpha value is -2.44. The average Bonchev–Trinajstić information content (AvgIpc) is 3.09. The maximum atomic E-state index is 12.8. The number of ether oxygens (including phenoxy) is 1. The molecule has 2 rings (SSSR count). The van der Waals surface area contributed by atoms with Crippen LogP contribution >= 0.6 is 0 Å². The molecule has 0 aliphatic rings. The number of hydrogen-bond donors (Lipinski definition) is 1. The zero-order valence-corrected chi connectivity index (χ0v) is 16.3. The Balaban J connectivity index is 1.51.